The Bertz CT molecular complexity index is 700. The molecule has 0 bridgehead atoms. The Morgan fingerprint density at radius 2 is 1.07 bits per heavy atom. The Morgan fingerprint density at radius 3 is 1.43 bits per heavy atom. The second-order valence-corrected chi connectivity index (χ2v) is 7.49. The monoisotopic (exact) mass is 404 g/mol. The van der Waals surface area contributed by atoms with Gasteiger partial charge in [0, 0.05) is 20.8 Å². The Kier molecular flexibility index (Phi) is 5.96. The van der Waals surface area contributed by atoms with Gasteiger partial charge in [0.25, 0.3) is 0 Å². The molecule has 1 aliphatic heterocycles. The van der Waals surface area contributed by atoms with Gasteiger partial charge in [-0.25, -0.2) is 4.79 Å². The van der Waals surface area contributed by atoms with E-state index in [1.54, 1.807) is 0 Å². The Labute approximate surface area is 163 Å². The van der Waals surface area contributed by atoms with Crippen LogP contribution in [0.2, 0.25) is 0 Å². The lowest BCUT2D eigenvalue weighted by Crippen LogP contribution is -2.87. The van der Waals surface area contributed by atoms with E-state index in [4.69, 9.17) is 23.7 Å². The van der Waals surface area contributed by atoms with Crippen LogP contribution in [0, 0.1) is 0 Å². The summed E-state index contributed by atoms with van der Waals surface area (Å²) < 4.78 is 26.8. The van der Waals surface area contributed by atoms with Gasteiger partial charge in [-0.1, -0.05) is 0 Å². The fourth-order valence-electron chi connectivity index (χ4n) is 3.82. The Morgan fingerprint density at radius 1 is 0.714 bits per heavy atom. The van der Waals surface area contributed by atoms with Crippen LogP contribution in [-0.2, 0) is 42.9 Å². The van der Waals surface area contributed by atoms with Crippen molar-refractivity contribution in [2.75, 3.05) is 7.11 Å². The van der Waals surface area contributed by atoms with Crippen LogP contribution in [-0.4, -0.2) is 64.3 Å². The normalized spacial score (nSPS) is 40.2. The number of ether oxygens (including phenoxy) is 5. The van der Waals surface area contributed by atoms with Gasteiger partial charge in [-0.15, -0.1) is 0 Å². The molecule has 0 amide bonds. The van der Waals surface area contributed by atoms with Crippen LogP contribution in [0.4, 0.5) is 0 Å². The van der Waals surface area contributed by atoms with Crippen LogP contribution >= 0.6 is 0 Å². The van der Waals surface area contributed by atoms with E-state index in [-0.39, 0.29) is 0 Å². The standard InChI is InChI=1S/C18H28O10/c1-10(19)25-15(5)14(4,13(22)24-9)28-18(8,23)17(7,27-12(3)21)16(15,6)26-11(2)20/h23H,1-9H3/t14-,15-,16-,17+,18-/m0/s1. The zero-order valence-corrected chi connectivity index (χ0v) is 17.6. The minimum Gasteiger partial charge on any atom is -0.467 e. The molecule has 0 aromatic carbocycles. The largest absolute Gasteiger partial charge is 0.467 e. The van der Waals surface area contributed by atoms with Crippen LogP contribution in [0.5, 0.6) is 0 Å². The van der Waals surface area contributed by atoms with E-state index in [0.717, 1.165) is 34.8 Å². The topological polar surface area (TPSA) is 135 Å². The molecule has 1 fully saturated rings. The summed E-state index contributed by atoms with van der Waals surface area (Å²) in [7, 11) is 1.07. The van der Waals surface area contributed by atoms with Gasteiger partial charge in [0.2, 0.25) is 17.0 Å². The number of aliphatic hydroxyl groups is 1. The minimum atomic E-state index is -2.37. The van der Waals surface area contributed by atoms with Crippen LogP contribution in [0.3, 0.4) is 0 Å². The quantitative estimate of drug-likeness (QED) is 0.525. The van der Waals surface area contributed by atoms with Crippen LogP contribution < -0.4 is 0 Å². The molecule has 0 spiro atoms. The predicted molar refractivity (Wildman–Crippen MR) is 92.6 cm³/mol. The van der Waals surface area contributed by atoms with Crippen LogP contribution in [0.15, 0.2) is 0 Å². The van der Waals surface area contributed by atoms with E-state index in [1.807, 2.05) is 0 Å². The van der Waals surface area contributed by atoms with Crippen molar-refractivity contribution in [3.05, 3.63) is 0 Å². The van der Waals surface area contributed by atoms with Gasteiger partial charge in [-0.3, -0.25) is 14.4 Å². The first-order valence-electron chi connectivity index (χ1n) is 8.54. The molecule has 10 heteroatoms. The van der Waals surface area contributed by atoms with Gasteiger partial charge < -0.3 is 28.8 Å². The van der Waals surface area contributed by atoms with Crippen LogP contribution in [0.1, 0.15) is 55.4 Å². The second kappa shape index (κ2) is 7.00. The first-order valence-corrected chi connectivity index (χ1v) is 8.54. The molecule has 0 aromatic rings. The smallest absolute Gasteiger partial charge is 0.342 e. The van der Waals surface area contributed by atoms with E-state index in [2.05, 4.69) is 0 Å². The maximum Gasteiger partial charge on any atom is 0.342 e. The predicted octanol–water partition coefficient (Wildman–Crippen LogP) is 0.622. The van der Waals surface area contributed by atoms with Gasteiger partial charge in [0.05, 0.1) is 7.11 Å². The van der Waals surface area contributed by atoms with Crippen molar-refractivity contribution in [3.63, 3.8) is 0 Å². The third-order valence-electron chi connectivity index (χ3n) is 5.64. The number of methoxy groups -OCH3 is 1. The van der Waals surface area contributed by atoms with Gasteiger partial charge in [-0.2, -0.15) is 0 Å². The summed E-state index contributed by atoms with van der Waals surface area (Å²) in [6.07, 6.45) is 0. The third-order valence-corrected chi connectivity index (χ3v) is 5.64. The average Bonchev–Trinajstić information content (AvgIpc) is 2.49. The summed E-state index contributed by atoms with van der Waals surface area (Å²) in [5.74, 6) is -5.90. The van der Waals surface area contributed by atoms with Gasteiger partial charge in [0.1, 0.15) is 0 Å². The number of carbonyl (C=O) groups is 4. The highest BCUT2D eigenvalue weighted by Crippen LogP contribution is 2.58. The summed E-state index contributed by atoms with van der Waals surface area (Å²) in [5.41, 5.74) is -8.43. The molecule has 1 saturated heterocycles. The zero-order valence-electron chi connectivity index (χ0n) is 17.6. The lowest BCUT2D eigenvalue weighted by molar-refractivity contribution is -0.437. The summed E-state index contributed by atoms with van der Waals surface area (Å²) in [6.45, 7) is 9.37. The number of esters is 4. The van der Waals surface area contributed by atoms with Crippen molar-refractivity contribution in [2.45, 2.75) is 83.6 Å². The first-order chi connectivity index (χ1) is 12.4. The summed E-state index contributed by atoms with van der Waals surface area (Å²) in [4.78, 5) is 48.4. The van der Waals surface area contributed by atoms with Crippen molar-refractivity contribution < 1.29 is 48.0 Å². The van der Waals surface area contributed by atoms with Crippen molar-refractivity contribution in [2.24, 2.45) is 0 Å². The molecule has 0 aromatic heterocycles. The number of hydrogen-bond acceptors (Lipinski definition) is 10. The molecule has 28 heavy (non-hydrogen) atoms. The Balaban J connectivity index is 4.02. The molecule has 1 N–H and O–H groups in total. The number of rotatable bonds is 4. The Hall–Kier alpha value is -2.20. The summed E-state index contributed by atoms with van der Waals surface area (Å²) in [5, 5.41) is 11.1. The average molecular weight is 404 g/mol. The van der Waals surface area contributed by atoms with Crippen molar-refractivity contribution >= 4 is 23.9 Å². The van der Waals surface area contributed by atoms with Gasteiger partial charge in [0.15, 0.2) is 11.2 Å². The number of carbonyl (C=O) groups excluding carboxylic acids is 4. The lowest BCUT2D eigenvalue weighted by Gasteiger charge is -2.65. The molecule has 1 rings (SSSR count). The van der Waals surface area contributed by atoms with Crippen molar-refractivity contribution in [3.8, 4) is 0 Å². The highest BCUT2D eigenvalue weighted by atomic mass is 16.7. The maximum absolute atomic E-state index is 12.7. The molecular weight excluding hydrogens is 376 g/mol. The fraction of sp³-hybridized carbons (Fsp3) is 0.778. The SMILES string of the molecule is COC(=O)[C@]1(C)O[C@](C)(O)[C@](C)(OC(C)=O)[C@@](C)(OC(C)=O)[C@@]1(C)OC(C)=O. The van der Waals surface area contributed by atoms with Gasteiger partial charge >= 0.3 is 23.9 Å². The van der Waals surface area contributed by atoms with Crippen molar-refractivity contribution in [1.82, 2.24) is 0 Å². The van der Waals surface area contributed by atoms with E-state index in [1.165, 1.54) is 27.7 Å². The third kappa shape index (κ3) is 3.14. The molecule has 0 radical (unpaired) electrons. The van der Waals surface area contributed by atoms with E-state index in [0.29, 0.717) is 0 Å². The second-order valence-electron chi connectivity index (χ2n) is 7.49. The highest BCUT2D eigenvalue weighted by molar-refractivity contribution is 5.83. The van der Waals surface area contributed by atoms with Gasteiger partial charge in [-0.05, 0) is 34.6 Å². The molecule has 1 heterocycles. The maximum atomic E-state index is 12.7. The zero-order chi connectivity index (χ0) is 22.3. The molecule has 10 nitrogen and oxygen atoms in total. The molecule has 160 valence electrons. The summed E-state index contributed by atoms with van der Waals surface area (Å²) >= 11 is 0. The summed E-state index contributed by atoms with van der Waals surface area (Å²) in [6, 6.07) is 0. The highest BCUT2D eigenvalue weighted by Gasteiger charge is 2.82. The number of hydrogen-bond donors (Lipinski definition) is 1. The first kappa shape index (κ1) is 23.8. The molecule has 0 aliphatic carbocycles. The van der Waals surface area contributed by atoms with E-state index < -0.39 is 52.1 Å². The lowest BCUT2D eigenvalue weighted by atomic mass is 9.60. The molecule has 0 saturated carbocycles. The van der Waals surface area contributed by atoms with Crippen molar-refractivity contribution in [1.29, 1.82) is 0 Å². The fourth-order valence-corrected chi connectivity index (χ4v) is 3.82. The van der Waals surface area contributed by atoms with Crippen LogP contribution in [0.25, 0.3) is 0 Å². The molecule has 1 aliphatic rings. The van der Waals surface area contributed by atoms with E-state index >= 15 is 0 Å². The molecule has 0 unspecified atom stereocenters. The minimum absolute atomic E-state index is 0.836. The molecular formula is C18H28O10. The molecule has 5 atom stereocenters. The van der Waals surface area contributed by atoms with E-state index in [9.17, 15) is 24.3 Å².